The van der Waals surface area contributed by atoms with E-state index in [0.29, 0.717) is 24.5 Å². The average Bonchev–Trinajstić information content (AvgIpc) is 2.47. The Morgan fingerprint density at radius 2 is 1.95 bits per heavy atom. The molecule has 0 fully saturated rings. The van der Waals surface area contributed by atoms with Crippen molar-refractivity contribution in [2.45, 2.75) is 32.7 Å². The third kappa shape index (κ3) is 4.67. The van der Waals surface area contributed by atoms with E-state index in [1.54, 1.807) is 31.3 Å². The molecule has 0 heterocycles. The van der Waals surface area contributed by atoms with E-state index in [4.69, 9.17) is 14.7 Å². The minimum atomic E-state index is 0.00692. The Hall–Kier alpha value is -2.22. The van der Waals surface area contributed by atoms with Gasteiger partial charge in [-0.2, -0.15) is 5.26 Å². The van der Waals surface area contributed by atoms with Gasteiger partial charge in [0.1, 0.15) is 0 Å². The number of amides is 1. The number of carbonyl (C=O) groups excluding carboxylic acids is 1. The summed E-state index contributed by atoms with van der Waals surface area (Å²) in [6, 6.07) is 7.59. The fourth-order valence-corrected chi connectivity index (χ4v) is 2.11. The number of rotatable bonds is 7. The van der Waals surface area contributed by atoms with Gasteiger partial charge in [-0.1, -0.05) is 6.07 Å². The van der Waals surface area contributed by atoms with Crippen molar-refractivity contribution in [2.75, 3.05) is 20.8 Å². The van der Waals surface area contributed by atoms with Gasteiger partial charge in [-0.3, -0.25) is 4.79 Å². The van der Waals surface area contributed by atoms with Gasteiger partial charge in [0.15, 0.2) is 11.5 Å². The molecular formula is C16H22N2O3. The van der Waals surface area contributed by atoms with Gasteiger partial charge in [0, 0.05) is 12.6 Å². The zero-order chi connectivity index (χ0) is 15.8. The highest BCUT2D eigenvalue weighted by atomic mass is 16.5. The van der Waals surface area contributed by atoms with Crippen molar-refractivity contribution in [3.8, 4) is 17.6 Å². The normalized spacial score (nSPS) is 10.1. The standard InChI is InChI=1S/C16H22N2O3/c1-12(2)18(9-5-8-17)16(19)11-13-6-7-14(20-3)15(10-13)21-4/h6-7,10,12H,5,9,11H2,1-4H3. The third-order valence-electron chi connectivity index (χ3n) is 3.21. The number of carbonyl (C=O) groups is 1. The smallest absolute Gasteiger partial charge is 0.227 e. The van der Waals surface area contributed by atoms with Crippen LogP contribution in [0.15, 0.2) is 18.2 Å². The monoisotopic (exact) mass is 290 g/mol. The number of methoxy groups -OCH3 is 2. The summed E-state index contributed by atoms with van der Waals surface area (Å²) in [7, 11) is 3.14. The predicted molar refractivity (Wildman–Crippen MR) is 80.3 cm³/mol. The van der Waals surface area contributed by atoms with E-state index in [1.807, 2.05) is 19.9 Å². The average molecular weight is 290 g/mol. The quantitative estimate of drug-likeness (QED) is 0.773. The number of ether oxygens (including phenoxy) is 2. The summed E-state index contributed by atoms with van der Waals surface area (Å²) in [5.41, 5.74) is 0.861. The second-order valence-corrected chi connectivity index (χ2v) is 4.96. The van der Waals surface area contributed by atoms with Gasteiger partial charge in [0.25, 0.3) is 0 Å². The maximum atomic E-state index is 12.4. The minimum Gasteiger partial charge on any atom is -0.493 e. The SMILES string of the molecule is COc1ccc(CC(=O)N(CCC#N)C(C)C)cc1OC. The minimum absolute atomic E-state index is 0.00692. The van der Waals surface area contributed by atoms with Crippen molar-refractivity contribution in [3.63, 3.8) is 0 Å². The molecule has 0 aliphatic heterocycles. The summed E-state index contributed by atoms with van der Waals surface area (Å²) in [5, 5.41) is 8.68. The summed E-state index contributed by atoms with van der Waals surface area (Å²) in [4.78, 5) is 14.1. The lowest BCUT2D eigenvalue weighted by Gasteiger charge is -2.26. The van der Waals surface area contributed by atoms with Crippen LogP contribution in [0.3, 0.4) is 0 Å². The first-order valence-electron chi connectivity index (χ1n) is 6.90. The molecule has 0 aliphatic rings. The van der Waals surface area contributed by atoms with E-state index < -0.39 is 0 Å². The Bertz CT molecular complexity index is 521. The topological polar surface area (TPSA) is 62.6 Å². The van der Waals surface area contributed by atoms with Gasteiger partial charge in [-0.25, -0.2) is 0 Å². The van der Waals surface area contributed by atoms with Crippen LogP contribution in [0.2, 0.25) is 0 Å². The maximum Gasteiger partial charge on any atom is 0.227 e. The third-order valence-corrected chi connectivity index (χ3v) is 3.21. The van der Waals surface area contributed by atoms with E-state index in [-0.39, 0.29) is 18.4 Å². The molecule has 0 atom stereocenters. The lowest BCUT2D eigenvalue weighted by molar-refractivity contribution is -0.132. The molecule has 0 N–H and O–H groups in total. The Morgan fingerprint density at radius 3 is 2.48 bits per heavy atom. The summed E-state index contributed by atoms with van der Waals surface area (Å²) in [6.07, 6.45) is 0.625. The van der Waals surface area contributed by atoms with E-state index in [1.165, 1.54) is 0 Å². The van der Waals surface area contributed by atoms with Crippen molar-refractivity contribution in [3.05, 3.63) is 23.8 Å². The first-order chi connectivity index (χ1) is 10.0. The zero-order valence-electron chi connectivity index (χ0n) is 13.0. The molecule has 1 aromatic rings. The maximum absolute atomic E-state index is 12.4. The molecule has 0 aliphatic carbocycles. The van der Waals surface area contributed by atoms with Crippen LogP contribution in [-0.4, -0.2) is 37.6 Å². The van der Waals surface area contributed by atoms with Crippen LogP contribution in [0, 0.1) is 11.3 Å². The number of nitriles is 1. The van der Waals surface area contributed by atoms with Crippen molar-refractivity contribution >= 4 is 5.91 Å². The largest absolute Gasteiger partial charge is 0.493 e. The molecule has 0 spiro atoms. The Labute approximate surface area is 126 Å². The van der Waals surface area contributed by atoms with E-state index in [0.717, 1.165) is 5.56 Å². The van der Waals surface area contributed by atoms with Crippen molar-refractivity contribution in [2.24, 2.45) is 0 Å². The van der Waals surface area contributed by atoms with Gasteiger partial charge in [-0.05, 0) is 31.5 Å². The molecule has 0 saturated carbocycles. The molecule has 114 valence electrons. The molecule has 0 bridgehead atoms. The second kappa shape index (κ2) is 8.15. The van der Waals surface area contributed by atoms with Gasteiger partial charge < -0.3 is 14.4 Å². The van der Waals surface area contributed by atoms with E-state index >= 15 is 0 Å². The molecule has 1 rings (SSSR count). The fraction of sp³-hybridized carbons (Fsp3) is 0.500. The molecular weight excluding hydrogens is 268 g/mol. The predicted octanol–water partition coefficient (Wildman–Crippen LogP) is 2.40. The molecule has 21 heavy (non-hydrogen) atoms. The lowest BCUT2D eigenvalue weighted by Crippen LogP contribution is -2.38. The van der Waals surface area contributed by atoms with Crippen LogP contribution < -0.4 is 9.47 Å². The second-order valence-electron chi connectivity index (χ2n) is 4.96. The molecule has 0 saturated heterocycles. The van der Waals surface area contributed by atoms with Gasteiger partial charge in [-0.15, -0.1) is 0 Å². The zero-order valence-corrected chi connectivity index (χ0v) is 13.0. The molecule has 1 amide bonds. The Morgan fingerprint density at radius 1 is 1.29 bits per heavy atom. The van der Waals surface area contributed by atoms with Gasteiger partial charge >= 0.3 is 0 Å². The van der Waals surface area contributed by atoms with E-state index in [9.17, 15) is 4.79 Å². The fourth-order valence-electron chi connectivity index (χ4n) is 2.11. The molecule has 5 heteroatoms. The summed E-state index contributed by atoms with van der Waals surface area (Å²) in [5.74, 6) is 1.25. The number of benzene rings is 1. The lowest BCUT2D eigenvalue weighted by atomic mass is 10.1. The highest BCUT2D eigenvalue weighted by molar-refractivity contribution is 5.79. The number of nitrogens with zero attached hydrogens (tertiary/aromatic N) is 2. The summed E-state index contributed by atoms with van der Waals surface area (Å²) in [6.45, 7) is 4.36. The van der Waals surface area contributed by atoms with Gasteiger partial charge in [0.2, 0.25) is 5.91 Å². The van der Waals surface area contributed by atoms with Crippen LogP contribution in [0.25, 0.3) is 0 Å². The van der Waals surface area contributed by atoms with Crippen LogP contribution in [0.1, 0.15) is 25.8 Å². The van der Waals surface area contributed by atoms with Crippen LogP contribution in [0.4, 0.5) is 0 Å². The first-order valence-corrected chi connectivity index (χ1v) is 6.90. The molecule has 5 nitrogen and oxygen atoms in total. The number of hydrogen-bond donors (Lipinski definition) is 0. The highest BCUT2D eigenvalue weighted by Gasteiger charge is 2.17. The number of hydrogen-bond acceptors (Lipinski definition) is 4. The Kier molecular flexibility index (Phi) is 6.54. The Balaban J connectivity index is 2.83. The first kappa shape index (κ1) is 16.8. The van der Waals surface area contributed by atoms with Crippen LogP contribution >= 0.6 is 0 Å². The molecule has 0 radical (unpaired) electrons. The summed E-state index contributed by atoms with van der Waals surface area (Å²) >= 11 is 0. The molecule has 1 aromatic carbocycles. The molecule has 0 unspecified atom stereocenters. The van der Waals surface area contributed by atoms with E-state index in [2.05, 4.69) is 6.07 Å². The van der Waals surface area contributed by atoms with Crippen LogP contribution in [-0.2, 0) is 11.2 Å². The molecule has 0 aromatic heterocycles. The van der Waals surface area contributed by atoms with Crippen molar-refractivity contribution in [1.29, 1.82) is 5.26 Å². The highest BCUT2D eigenvalue weighted by Crippen LogP contribution is 2.27. The van der Waals surface area contributed by atoms with Crippen molar-refractivity contribution < 1.29 is 14.3 Å². The van der Waals surface area contributed by atoms with Crippen molar-refractivity contribution in [1.82, 2.24) is 4.90 Å². The van der Waals surface area contributed by atoms with Gasteiger partial charge in [0.05, 0.1) is 33.1 Å². The summed E-state index contributed by atoms with van der Waals surface area (Å²) < 4.78 is 10.4. The van der Waals surface area contributed by atoms with Crippen LogP contribution in [0.5, 0.6) is 11.5 Å².